The van der Waals surface area contributed by atoms with Crippen LogP contribution >= 0.6 is 0 Å². The zero-order valence-corrected chi connectivity index (χ0v) is 12.5. The van der Waals surface area contributed by atoms with E-state index in [1.807, 2.05) is 20.8 Å². The lowest BCUT2D eigenvalue weighted by Crippen LogP contribution is -2.35. The SMILES string of the molecule is COc1ccc(Nc2nnc(CNC(C)(C)C)o2)cc1F. The fraction of sp³-hybridized carbons (Fsp3) is 0.429. The molecule has 1 aromatic carbocycles. The van der Waals surface area contributed by atoms with Gasteiger partial charge in [-0.25, -0.2) is 4.39 Å². The zero-order chi connectivity index (χ0) is 15.5. The van der Waals surface area contributed by atoms with E-state index < -0.39 is 5.82 Å². The van der Waals surface area contributed by atoms with Crippen LogP contribution in [0.3, 0.4) is 0 Å². The molecule has 2 N–H and O–H groups in total. The Morgan fingerprint density at radius 2 is 2.05 bits per heavy atom. The van der Waals surface area contributed by atoms with E-state index in [2.05, 4.69) is 20.8 Å². The predicted octanol–water partition coefficient (Wildman–Crippen LogP) is 2.85. The van der Waals surface area contributed by atoms with Gasteiger partial charge in [0.15, 0.2) is 11.6 Å². The van der Waals surface area contributed by atoms with Gasteiger partial charge >= 0.3 is 6.01 Å². The molecule has 0 amide bonds. The van der Waals surface area contributed by atoms with Crippen molar-refractivity contribution in [2.75, 3.05) is 12.4 Å². The van der Waals surface area contributed by atoms with Crippen LogP contribution in [0.2, 0.25) is 0 Å². The number of halogens is 1. The highest BCUT2D eigenvalue weighted by Gasteiger charge is 2.12. The van der Waals surface area contributed by atoms with Crippen molar-refractivity contribution in [3.8, 4) is 5.75 Å². The third kappa shape index (κ3) is 4.42. The number of rotatable bonds is 5. The Morgan fingerprint density at radius 3 is 2.67 bits per heavy atom. The number of anilines is 2. The van der Waals surface area contributed by atoms with Gasteiger partial charge in [-0.05, 0) is 32.9 Å². The fourth-order valence-corrected chi connectivity index (χ4v) is 1.58. The number of hydrogen-bond acceptors (Lipinski definition) is 6. The predicted molar refractivity (Wildman–Crippen MR) is 77.1 cm³/mol. The minimum Gasteiger partial charge on any atom is -0.494 e. The van der Waals surface area contributed by atoms with Crippen molar-refractivity contribution < 1.29 is 13.5 Å². The fourth-order valence-electron chi connectivity index (χ4n) is 1.58. The standard InChI is InChI=1S/C14H19FN4O2/c1-14(2,3)16-8-12-18-19-13(21-12)17-9-5-6-11(20-4)10(15)7-9/h5-7,16H,8H2,1-4H3,(H,17,19). The molecule has 0 fully saturated rings. The van der Waals surface area contributed by atoms with Crippen molar-refractivity contribution in [1.82, 2.24) is 15.5 Å². The van der Waals surface area contributed by atoms with Crippen molar-refractivity contribution in [3.63, 3.8) is 0 Å². The van der Waals surface area contributed by atoms with E-state index in [1.165, 1.54) is 19.2 Å². The molecule has 1 aromatic heterocycles. The van der Waals surface area contributed by atoms with Gasteiger partial charge in [-0.1, -0.05) is 5.10 Å². The maximum atomic E-state index is 13.6. The first-order valence-corrected chi connectivity index (χ1v) is 6.55. The van der Waals surface area contributed by atoms with Crippen molar-refractivity contribution in [2.24, 2.45) is 0 Å². The van der Waals surface area contributed by atoms with E-state index >= 15 is 0 Å². The maximum Gasteiger partial charge on any atom is 0.320 e. The summed E-state index contributed by atoms with van der Waals surface area (Å²) >= 11 is 0. The summed E-state index contributed by atoms with van der Waals surface area (Å²) in [5, 5.41) is 13.9. The molecule has 0 spiro atoms. The summed E-state index contributed by atoms with van der Waals surface area (Å²) in [6, 6.07) is 4.70. The monoisotopic (exact) mass is 294 g/mol. The molecule has 2 aromatic rings. The Balaban J connectivity index is 2.00. The van der Waals surface area contributed by atoms with Gasteiger partial charge in [-0.15, -0.1) is 5.10 Å². The summed E-state index contributed by atoms with van der Waals surface area (Å²) in [6.45, 7) is 6.60. The Hall–Kier alpha value is -2.15. The molecule has 6 nitrogen and oxygen atoms in total. The molecule has 0 bridgehead atoms. The average Bonchev–Trinajstić information content (AvgIpc) is 2.83. The second-order valence-electron chi connectivity index (χ2n) is 5.58. The molecule has 0 unspecified atom stereocenters. The molecular formula is C14H19FN4O2. The molecule has 1 heterocycles. The number of ether oxygens (including phenoxy) is 1. The van der Waals surface area contributed by atoms with E-state index in [4.69, 9.17) is 9.15 Å². The first-order chi connectivity index (χ1) is 9.87. The molecule has 7 heteroatoms. The van der Waals surface area contributed by atoms with Crippen LogP contribution in [0.4, 0.5) is 16.1 Å². The second kappa shape index (κ2) is 6.09. The summed E-state index contributed by atoms with van der Waals surface area (Å²) in [5.74, 6) is 0.180. The minimum atomic E-state index is -0.461. The largest absolute Gasteiger partial charge is 0.494 e. The smallest absolute Gasteiger partial charge is 0.320 e. The molecule has 0 atom stereocenters. The summed E-state index contributed by atoms with van der Waals surface area (Å²) in [7, 11) is 1.41. The van der Waals surface area contributed by atoms with Crippen LogP contribution in [0.1, 0.15) is 26.7 Å². The third-order valence-corrected chi connectivity index (χ3v) is 2.64. The van der Waals surface area contributed by atoms with E-state index in [0.717, 1.165) is 0 Å². The molecule has 0 aliphatic rings. The highest BCUT2D eigenvalue weighted by atomic mass is 19.1. The van der Waals surface area contributed by atoms with Crippen molar-refractivity contribution in [2.45, 2.75) is 32.9 Å². The van der Waals surface area contributed by atoms with Gasteiger partial charge in [0.1, 0.15) is 0 Å². The van der Waals surface area contributed by atoms with Crippen LogP contribution in [0.15, 0.2) is 22.6 Å². The summed E-state index contributed by atoms with van der Waals surface area (Å²) in [6.07, 6.45) is 0. The van der Waals surface area contributed by atoms with Gasteiger partial charge < -0.3 is 19.8 Å². The summed E-state index contributed by atoms with van der Waals surface area (Å²) < 4.78 is 23.9. The van der Waals surface area contributed by atoms with Crippen LogP contribution in [0.25, 0.3) is 0 Å². The van der Waals surface area contributed by atoms with E-state index in [9.17, 15) is 4.39 Å². The third-order valence-electron chi connectivity index (χ3n) is 2.64. The van der Waals surface area contributed by atoms with Gasteiger partial charge in [0.25, 0.3) is 0 Å². The van der Waals surface area contributed by atoms with Crippen molar-refractivity contribution in [3.05, 3.63) is 29.9 Å². The Labute approximate surface area is 122 Å². The molecule has 0 aliphatic carbocycles. The minimum absolute atomic E-state index is 0.0405. The number of nitrogens with one attached hydrogen (secondary N) is 2. The first kappa shape index (κ1) is 15.2. The molecule has 0 aliphatic heterocycles. The molecular weight excluding hydrogens is 275 g/mol. The lowest BCUT2D eigenvalue weighted by molar-refractivity contribution is 0.384. The summed E-state index contributed by atoms with van der Waals surface area (Å²) in [5.41, 5.74) is 0.466. The number of aromatic nitrogens is 2. The van der Waals surface area contributed by atoms with Gasteiger partial charge in [-0.2, -0.15) is 0 Å². The molecule has 0 saturated heterocycles. The van der Waals surface area contributed by atoms with Crippen molar-refractivity contribution in [1.29, 1.82) is 0 Å². The highest BCUT2D eigenvalue weighted by molar-refractivity contribution is 5.53. The zero-order valence-electron chi connectivity index (χ0n) is 12.5. The summed E-state index contributed by atoms with van der Waals surface area (Å²) in [4.78, 5) is 0. The van der Waals surface area contributed by atoms with Crippen LogP contribution < -0.4 is 15.4 Å². The van der Waals surface area contributed by atoms with E-state index in [0.29, 0.717) is 18.1 Å². The first-order valence-electron chi connectivity index (χ1n) is 6.55. The number of hydrogen-bond donors (Lipinski definition) is 2. The van der Waals surface area contributed by atoms with Gasteiger partial charge in [0.2, 0.25) is 5.89 Å². The average molecular weight is 294 g/mol. The molecule has 2 rings (SSSR count). The van der Waals surface area contributed by atoms with Crippen LogP contribution in [-0.4, -0.2) is 22.8 Å². The maximum absolute atomic E-state index is 13.6. The Bertz CT molecular complexity index is 607. The van der Waals surface area contributed by atoms with Crippen LogP contribution in [-0.2, 0) is 6.54 Å². The number of benzene rings is 1. The van der Waals surface area contributed by atoms with Gasteiger partial charge in [0, 0.05) is 17.3 Å². The van der Waals surface area contributed by atoms with E-state index in [1.54, 1.807) is 6.07 Å². The van der Waals surface area contributed by atoms with Gasteiger partial charge in [0.05, 0.1) is 13.7 Å². The van der Waals surface area contributed by atoms with Gasteiger partial charge in [-0.3, -0.25) is 0 Å². The quantitative estimate of drug-likeness (QED) is 0.883. The molecule has 0 saturated carbocycles. The highest BCUT2D eigenvalue weighted by Crippen LogP contribution is 2.23. The lowest BCUT2D eigenvalue weighted by Gasteiger charge is -2.18. The van der Waals surface area contributed by atoms with Crippen molar-refractivity contribution >= 4 is 11.7 Å². The second-order valence-corrected chi connectivity index (χ2v) is 5.58. The normalized spacial score (nSPS) is 11.5. The number of nitrogens with zero attached hydrogens (tertiary/aromatic N) is 2. The van der Waals surface area contributed by atoms with Crippen LogP contribution in [0.5, 0.6) is 5.75 Å². The Morgan fingerprint density at radius 1 is 1.29 bits per heavy atom. The molecule has 114 valence electrons. The number of methoxy groups -OCH3 is 1. The molecule has 0 radical (unpaired) electrons. The molecule has 21 heavy (non-hydrogen) atoms. The Kier molecular flexibility index (Phi) is 4.42. The van der Waals surface area contributed by atoms with Crippen LogP contribution in [0, 0.1) is 5.82 Å². The van der Waals surface area contributed by atoms with E-state index in [-0.39, 0.29) is 17.3 Å². The lowest BCUT2D eigenvalue weighted by atomic mass is 10.1. The topological polar surface area (TPSA) is 72.2 Å².